The Labute approximate surface area is 255 Å². The van der Waals surface area contributed by atoms with E-state index in [4.69, 9.17) is 13.0 Å². The molecule has 10 heteroatoms. The van der Waals surface area contributed by atoms with Crippen LogP contribution in [0.15, 0.2) is 121 Å². The Kier molecular flexibility index (Phi) is 14.3. The zero-order chi connectivity index (χ0) is 30.5. The van der Waals surface area contributed by atoms with Crippen molar-refractivity contribution in [3.8, 4) is 0 Å². The Bertz CT molecular complexity index is 1230. The minimum absolute atomic E-state index is 0.217. The van der Waals surface area contributed by atoms with Crippen molar-refractivity contribution in [3.05, 3.63) is 121 Å². The van der Waals surface area contributed by atoms with Crippen LogP contribution in [0.5, 0.6) is 0 Å². The number of hydrogen-bond donors (Lipinski definition) is 0. The molecular weight excluding hydrogens is 678 g/mol. The van der Waals surface area contributed by atoms with Crippen molar-refractivity contribution in [2.45, 2.75) is 24.8 Å². The quantitative estimate of drug-likeness (QED) is 0.0865. The fraction of sp³-hybridized carbons (Fsp3) is 0.226. The number of hydrogen-bond acceptors (Lipinski definition) is 3. The molecule has 0 saturated carbocycles. The molecule has 0 spiro atoms. The van der Waals surface area contributed by atoms with Crippen LogP contribution in [0.2, 0.25) is 5.40 Å². The van der Waals surface area contributed by atoms with Gasteiger partial charge in [-0.1, -0.05) is 135 Å². The van der Waals surface area contributed by atoms with Crippen molar-refractivity contribution in [2.75, 3.05) is 12.3 Å². The molecule has 0 unspecified atom stereocenters. The molecule has 222 valence electrons. The first-order valence-corrected chi connectivity index (χ1v) is 18.5. The summed E-state index contributed by atoms with van der Waals surface area (Å²) < 4.78 is 58.9. The van der Waals surface area contributed by atoms with Gasteiger partial charge in [0.2, 0.25) is 0 Å². The van der Waals surface area contributed by atoms with Crippen LogP contribution in [0, 0.1) is 5.41 Å². The fourth-order valence-electron chi connectivity index (χ4n) is 4.00. The van der Waals surface area contributed by atoms with Crippen LogP contribution in [-0.4, -0.2) is 30.8 Å². The van der Waals surface area contributed by atoms with Crippen LogP contribution in [0.3, 0.4) is 0 Å². The molecule has 0 amide bonds. The molecule has 0 saturated heterocycles. The van der Waals surface area contributed by atoms with Gasteiger partial charge < -0.3 is 4.55 Å². The molecule has 0 N–H and O–H groups in total. The van der Waals surface area contributed by atoms with Crippen molar-refractivity contribution in [1.29, 1.82) is 0 Å². The summed E-state index contributed by atoms with van der Waals surface area (Å²) in [7, 11) is -6.88. The Morgan fingerprint density at radius 2 is 0.780 bits per heavy atom. The van der Waals surface area contributed by atoms with Crippen molar-refractivity contribution >= 4 is 47.2 Å². The summed E-state index contributed by atoms with van der Waals surface area (Å²) in [6.07, 6.45) is 2.38. The Hall–Kier alpha value is -1.90. The molecule has 3 nitrogen and oxygen atoms in total. The van der Waals surface area contributed by atoms with Crippen molar-refractivity contribution in [3.63, 3.8) is 0 Å². The van der Waals surface area contributed by atoms with E-state index >= 15 is 0 Å². The van der Waals surface area contributed by atoms with Crippen molar-refractivity contribution in [2.24, 2.45) is 5.41 Å². The van der Waals surface area contributed by atoms with E-state index in [1.807, 2.05) is 5.40 Å². The number of rotatable bonds is 8. The molecule has 0 radical (unpaired) electrons. The molecular formula is C31H33F3O3P2PdS. The SMILES string of the molecule is CC(C)(CP(c1ccccc1)c1ccccc1)CP(c1ccccc1)c1ccccc1.O=S(=O)([O-])C(F)(F)F.[CH3][Pd+]. The Morgan fingerprint density at radius 1 is 0.585 bits per heavy atom. The monoisotopic (exact) mass is 710 g/mol. The topological polar surface area (TPSA) is 57.2 Å². The van der Waals surface area contributed by atoms with Crippen LogP contribution >= 0.6 is 15.8 Å². The first kappa shape index (κ1) is 35.3. The fourth-order valence-corrected chi connectivity index (χ4v) is 9.57. The number of halogens is 3. The minimum atomic E-state index is -6.09. The first-order chi connectivity index (χ1) is 19.4. The van der Waals surface area contributed by atoms with E-state index in [1.54, 1.807) is 0 Å². The normalized spacial score (nSPS) is 11.8. The second-order valence-electron chi connectivity index (χ2n) is 9.58. The van der Waals surface area contributed by atoms with E-state index in [2.05, 4.69) is 154 Å². The zero-order valence-electron chi connectivity index (χ0n) is 22.9. The summed E-state index contributed by atoms with van der Waals surface area (Å²) in [4.78, 5) is 0. The first-order valence-electron chi connectivity index (χ1n) is 12.5. The second kappa shape index (κ2) is 16.7. The van der Waals surface area contributed by atoms with E-state index < -0.39 is 31.5 Å². The summed E-state index contributed by atoms with van der Waals surface area (Å²) in [5.74, 6) is 0. The van der Waals surface area contributed by atoms with Gasteiger partial charge >= 0.3 is 30.1 Å². The third-order valence-corrected chi connectivity index (χ3v) is 12.3. The zero-order valence-corrected chi connectivity index (χ0v) is 27.1. The average molecular weight is 711 g/mol. The maximum absolute atomic E-state index is 10.7. The summed E-state index contributed by atoms with van der Waals surface area (Å²) in [6, 6.07) is 44.4. The standard InChI is InChI=1S/C29H30P2.CHF3O3S.CH3.Pd/c1-29(2,23-30(25-15-7-3-8-16-25)26-17-9-4-10-18-26)24-31(27-19-11-5-12-20-27)28-21-13-6-14-22-28;2-1(3,4)8(5,6)7;;/h3-22H,23-24H2,1-2H3;(H,5,6,7);1H3;/q;;;+1/p-1. The summed E-state index contributed by atoms with van der Waals surface area (Å²) in [5, 5.41) is 7.74. The van der Waals surface area contributed by atoms with Gasteiger partial charge in [-0.2, -0.15) is 13.2 Å². The molecule has 0 aromatic heterocycles. The summed E-state index contributed by atoms with van der Waals surface area (Å²) in [5.41, 5.74) is -5.43. The van der Waals surface area contributed by atoms with E-state index in [1.165, 1.54) is 33.5 Å². The van der Waals surface area contributed by atoms with Gasteiger partial charge in [-0.25, -0.2) is 8.42 Å². The van der Waals surface area contributed by atoms with Crippen LogP contribution in [0.1, 0.15) is 13.8 Å². The van der Waals surface area contributed by atoms with Gasteiger partial charge in [-0.05, 0) is 54.8 Å². The predicted molar refractivity (Wildman–Crippen MR) is 163 cm³/mol. The van der Waals surface area contributed by atoms with E-state index in [0.717, 1.165) is 0 Å². The molecule has 0 aliphatic heterocycles. The van der Waals surface area contributed by atoms with Gasteiger partial charge in [0.25, 0.3) is 0 Å². The van der Waals surface area contributed by atoms with Gasteiger partial charge in [0.1, 0.15) is 0 Å². The molecule has 0 aliphatic carbocycles. The van der Waals surface area contributed by atoms with E-state index in [9.17, 15) is 13.2 Å². The van der Waals surface area contributed by atoms with E-state index in [-0.39, 0.29) is 5.41 Å². The number of benzene rings is 4. The predicted octanol–water partition coefficient (Wildman–Crippen LogP) is 6.91. The Morgan fingerprint density at radius 3 is 0.951 bits per heavy atom. The molecule has 4 aromatic rings. The van der Waals surface area contributed by atoms with Crippen molar-refractivity contribution in [1.82, 2.24) is 0 Å². The summed E-state index contributed by atoms with van der Waals surface area (Å²) in [6.45, 7) is 4.94. The molecule has 41 heavy (non-hydrogen) atoms. The van der Waals surface area contributed by atoms with Crippen LogP contribution in [0.4, 0.5) is 13.2 Å². The van der Waals surface area contributed by atoms with Crippen molar-refractivity contribution < 1.29 is 45.3 Å². The Balaban J connectivity index is 0.000000509. The molecule has 4 aromatic carbocycles. The number of alkyl halides is 3. The molecule has 4 rings (SSSR count). The van der Waals surface area contributed by atoms with Gasteiger partial charge in [-0.3, -0.25) is 0 Å². The van der Waals surface area contributed by atoms with E-state index in [0.29, 0.717) is 0 Å². The average Bonchev–Trinajstić information content (AvgIpc) is 2.97. The van der Waals surface area contributed by atoms with Gasteiger partial charge in [0.15, 0.2) is 10.1 Å². The molecule has 0 bridgehead atoms. The van der Waals surface area contributed by atoms with Crippen LogP contribution < -0.4 is 21.2 Å². The third-order valence-electron chi connectivity index (χ3n) is 5.73. The maximum atomic E-state index is 10.7. The van der Waals surface area contributed by atoms with Gasteiger partial charge in [0.05, 0.1) is 0 Å². The molecule has 0 aliphatic rings. The van der Waals surface area contributed by atoms with Gasteiger partial charge in [0, 0.05) is 0 Å². The summed E-state index contributed by atoms with van der Waals surface area (Å²) >= 11 is 2.75. The van der Waals surface area contributed by atoms with Crippen LogP contribution in [0.25, 0.3) is 0 Å². The second-order valence-corrected chi connectivity index (χ2v) is 15.4. The van der Waals surface area contributed by atoms with Crippen LogP contribution in [-0.2, 0) is 29.3 Å². The molecule has 0 atom stereocenters. The molecule has 0 heterocycles. The third kappa shape index (κ3) is 11.7. The van der Waals surface area contributed by atoms with Gasteiger partial charge in [-0.15, -0.1) is 0 Å². The molecule has 0 fully saturated rings.